The van der Waals surface area contributed by atoms with E-state index < -0.39 is 35.6 Å². The second-order valence-electron chi connectivity index (χ2n) is 9.85. The van der Waals surface area contributed by atoms with E-state index in [0.29, 0.717) is 23.4 Å². The predicted octanol–water partition coefficient (Wildman–Crippen LogP) is 4.87. The summed E-state index contributed by atoms with van der Waals surface area (Å²) in [5, 5.41) is 15.4. The number of carbonyl (C=O) groups excluding carboxylic acids is 3. The SMILES string of the molecule is CCC(C)C(NC(=O)OC(C)(C)C)C(=O)N(CC)C(C(=O)Nc1ccc(OC)cc1)c1ccc(O)cc1. The third kappa shape index (κ3) is 8.41. The fraction of sp³-hybridized carbons (Fsp3) is 0.464. The molecule has 0 saturated carbocycles. The Kier molecular flexibility index (Phi) is 10.3. The molecule has 37 heavy (non-hydrogen) atoms. The minimum atomic E-state index is -1.02. The smallest absolute Gasteiger partial charge is 0.408 e. The van der Waals surface area contributed by atoms with Crippen LogP contribution in [0.15, 0.2) is 48.5 Å². The number of methoxy groups -OCH3 is 1. The van der Waals surface area contributed by atoms with Gasteiger partial charge in [-0.05, 0) is 75.6 Å². The molecule has 3 atom stereocenters. The summed E-state index contributed by atoms with van der Waals surface area (Å²) in [6, 6.07) is 11.0. The first-order valence-corrected chi connectivity index (χ1v) is 12.4. The van der Waals surface area contributed by atoms with Crippen molar-refractivity contribution in [1.29, 1.82) is 0 Å². The number of phenols is 1. The van der Waals surface area contributed by atoms with Gasteiger partial charge in [-0.25, -0.2) is 4.79 Å². The molecule has 2 aromatic carbocycles. The summed E-state index contributed by atoms with van der Waals surface area (Å²) in [4.78, 5) is 41.5. The number of amides is 3. The summed E-state index contributed by atoms with van der Waals surface area (Å²) in [6.45, 7) is 11.0. The molecule has 9 heteroatoms. The Morgan fingerprint density at radius 3 is 2.08 bits per heavy atom. The Hall–Kier alpha value is -3.75. The lowest BCUT2D eigenvalue weighted by Crippen LogP contribution is -2.54. The van der Waals surface area contributed by atoms with Crippen molar-refractivity contribution in [2.75, 3.05) is 19.0 Å². The van der Waals surface area contributed by atoms with Gasteiger partial charge in [0.15, 0.2) is 0 Å². The molecule has 0 aliphatic carbocycles. The maximum absolute atomic E-state index is 13.9. The number of aromatic hydroxyl groups is 1. The number of rotatable bonds is 10. The van der Waals surface area contributed by atoms with Crippen LogP contribution in [0.4, 0.5) is 10.5 Å². The standard InChI is InChI=1S/C28H39N3O6/c1-8-18(3)23(30-27(35)37-28(4,5)6)26(34)31(9-2)24(19-10-14-21(32)15-11-19)25(33)29-20-12-16-22(36-7)17-13-20/h10-18,23-24,32H,8-9H2,1-7H3,(H,29,33)(H,30,35). The van der Waals surface area contributed by atoms with Crippen LogP contribution in [0, 0.1) is 5.92 Å². The summed E-state index contributed by atoms with van der Waals surface area (Å²) < 4.78 is 10.6. The lowest BCUT2D eigenvalue weighted by molar-refractivity contribution is -0.141. The monoisotopic (exact) mass is 513 g/mol. The van der Waals surface area contributed by atoms with Gasteiger partial charge in [-0.15, -0.1) is 0 Å². The molecule has 0 saturated heterocycles. The molecule has 3 unspecified atom stereocenters. The molecule has 0 bridgehead atoms. The van der Waals surface area contributed by atoms with Crippen molar-refractivity contribution in [1.82, 2.24) is 10.2 Å². The minimum absolute atomic E-state index is 0.0384. The average molecular weight is 514 g/mol. The number of likely N-dealkylation sites (N-methyl/N-ethyl adjacent to an activating group) is 1. The van der Waals surface area contributed by atoms with Crippen molar-refractivity contribution in [2.45, 2.75) is 65.6 Å². The molecule has 0 aliphatic heterocycles. The van der Waals surface area contributed by atoms with Crippen LogP contribution in [0.2, 0.25) is 0 Å². The summed E-state index contributed by atoms with van der Waals surface area (Å²) in [5.41, 5.74) is 0.312. The molecule has 2 rings (SSSR count). The molecule has 9 nitrogen and oxygen atoms in total. The molecule has 0 aromatic heterocycles. The topological polar surface area (TPSA) is 117 Å². The number of nitrogens with one attached hydrogen (secondary N) is 2. The quantitative estimate of drug-likeness (QED) is 0.417. The third-order valence-corrected chi connectivity index (χ3v) is 5.90. The van der Waals surface area contributed by atoms with Gasteiger partial charge < -0.3 is 30.1 Å². The van der Waals surface area contributed by atoms with Gasteiger partial charge in [-0.1, -0.05) is 32.4 Å². The Labute approximate surface area is 219 Å². The largest absolute Gasteiger partial charge is 0.508 e. The number of carbonyl (C=O) groups is 3. The summed E-state index contributed by atoms with van der Waals surface area (Å²) in [7, 11) is 1.55. The van der Waals surface area contributed by atoms with Crippen LogP contribution in [0.5, 0.6) is 11.5 Å². The highest BCUT2D eigenvalue weighted by molar-refractivity contribution is 5.99. The molecule has 0 fully saturated rings. The van der Waals surface area contributed by atoms with E-state index >= 15 is 0 Å². The second-order valence-corrected chi connectivity index (χ2v) is 9.85. The first-order valence-electron chi connectivity index (χ1n) is 12.4. The van der Waals surface area contributed by atoms with Gasteiger partial charge >= 0.3 is 6.09 Å². The highest BCUT2D eigenvalue weighted by Crippen LogP contribution is 2.27. The summed E-state index contributed by atoms with van der Waals surface area (Å²) in [5.74, 6) is -0.393. The van der Waals surface area contributed by atoms with E-state index in [4.69, 9.17) is 9.47 Å². The van der Waals surface area contributed by atoms with Crippen molar-refractivity contribution in [3.8, 4) is 11.5 Å². The molecule has 202 valence electrons. The Morgan fingerprint density at radius 2 is 1.59 bits per heavy atom. The molecule has 2 aromatic rings. The summed E-state index contributed by atoms with van der Waals surface area (Å²) >= 11 is 0. The third-order valence-electron chi connectivity index (χ3n) is 5.90. The number of hydrogen-bond acceptors (Lipinski definition) is 6. The van der Waals surface area contributed by atoms with Crippen molar-refractivity contribution < 1.29 is 29.0 Å². The molecule has 0 spiro atoms. The van der Waals surface area contributed by atoms with Crippen LogP contribution in [-0.4, -0.2) is 53.2 Å². The lowest BCUT2D eigenvalue weighted by atomic mass is 9.95. The van der Waals surface area contributed by atoms with Gasteiger partial charge in [-0.2, -0.15) is 0 Å². The highest BCUT2D eigenvalue weighted by Gasteiger charge is 2.37. The van der Waals surface area contributed by atoms with E-state index in [1.54, 1.807) is 71.2 Å². The van der Waals surface area contributed by atoms with Crippen LogP contribution < -0.4 is 15.4 Å². The number of phenolic OH excluding ortho intramolecular Hbond substituents is 1. The zero-order valence-corrected chi connectivity index (χ0v) is 22.7. The van der Waals surface area contributed by atoms with Gasteiger partial charge in [0, 0.05) is 12.2 Å². The first kappa shape index (κ1) is 29.5. The van der Waals surface area contributed by atoms with Crippen LogP contribution in [0.3, 0.4) is 0 Å². The van der Waals surface area contributed by atoms with Crippen molar-refractivity contribution in [3.05, 3.63) is 54.1 Å². The van der Waals surface area contributed by atoms with Gasteiger partial charge in [0.2, 0.25) is 5.91 Å². The van der Waals surface area contributed by atoms with Gasteiger partial charge in [0.1, 0.15) is 29.2 Å². The maximum Gasteiger partial charge on any atom is 0.408 e. The molecule has 3 N–H and O–H groups in total. The predicted molar refractivity (Wildman–Crippen MR) is 142 cm³/mol. The van der Waals surface area contributed by atoms with E-state index in [2.05, 4.69) is 10.6 Å². The minimum Gasteiger partial charge on any atom is -0.508 e. The molecule has 0 aliphatic rings. The summed E-state index contributed by atoms with van der Waals surface area (Å²) in [6.07, 6.45) is -0.0860. The van der Waals surface area contributed by atoms with Crippen molar-refractivity contribution >= 4 is 23.6 Å². The number of ether oxygens (including phenoxy) is 2. The second kappa shape index (κ2) is 13.0. The van der Waals surface area contributed by atoms with Crippen molar-refractivity contribution in [3.63, 3.8) is 0 Å². The highest BCUT2D eigenvalue weighted by atomic mass is 16.6. The fourth-order valence-electron chi connectivity index (χ4n) is 3.78. The average Bonchev–Trinajstić information content (AvgIpc) is 2.85. The zero-order valence-electron chi connectivity index (χ0n) is 22.7. The van der Waals surface area contributed by atoms with Crippen LogP contribution in [0.25, 0.3) is 0 Å². The van der Waals surface area contributed by atoms with E-state index in [1.807, 2.05) is 13.8 Å². The Bertz CT molecular complexity index is 1050. The van der Waals surface area contributed by atoms with E-state index in [1.165, 1.54) is 17.0 Å². The van der Waals surface area contributed by atoms with E-state index in [0.717, 1.165) is 0 Å². The van der Waals surface area contributed by atoms with Gasteiger partial charge in [-0.3, -0.25) is 9.59 Å². The number of anilines is 1. The number of hydrogen-bond donors (Lipinski definition) is 3. The van der Waals surface area contributed by atoms with E-state index in [9.17, 15) is 19.5 Å². The molecular weight excluding hydrogens is 474 g/mol. The fourth-order valence-corrected chi connectivity index (χ4v) is 3.78. The number of nitrogens with zero attached hydrogens (tertiary/aromatic N) is 1. The van der Waals surface area contributed by atoms with Gasteiger partial charge in [0.05, 0.1) is 7.11 Å². The van der Waals surface area contributed by atoms with Crippen molar-refractivity contribution in [2.24, 2.45) is 5.92 Å². The number of benzene rings is 2. The molecule has 3 amide bonds. The maximum atomic E-state index is 13.9. The Morgan fingerprint density at radius 1 is 1.00 bits per heavy atom. The number of alkyl carbamates (subject to hydrolysis) is 1. The molecular formula is C28H39N3O6. The Balaban J connectivity index is 2.44. The molecule has 0 heterocycles. The van der Waals surface area contributed by atoms with Crippen LogP contribution in [-0.2, 0) is 14.3 Å². The zero-order chi connectivity index (χ0) is 27.8. The molecule has 0 radical (unpaired) electrons. The first-order chi connectivity index (χ1) is 17.4. The normalized spacial score (nSPS) is 13.6. The lowest BCUT2D eigenvalue weighted by Gasteiger charge is -2.35. The van der Waals surface area contributed by atoms with Crippen LogP contribution in [0.1, 0.15) is 59.6 Å². The van der Waals surface area contributed by atoms with E-state index in [-0.39, 0.29) is 18.2 Å². The van der Waals surface area contributed by atoms with Crippen LogP contribution >= 0.6 is 0 Å². The van der Waals surface area contributed by atoms with Gasteiger partial charge in [0.25, 0.3) is 5.91 Å².